The number of thiophene rings is 2. The first-order valence-corrected chi connectivity index (χ1v) is 21.0. The second-order valence-corrected chi connectivity index (χ2v) is 16.6. The first-order chi connectivity index (χ1) is 28.3. The third kappa shape index (κ3) is 5.91. The number of rotatable bonds is 7. The van der Waals surface area contributed by atoms with Gasteiger partial charge in [-0.15, -0.1) is 22.7 Å². The summed E-state index contributed by atoms with van der Waals surface area (Å²) in [7, 11) is 0. The molecule has 268 valence electrons. The molecule has 0 bridgehead atoms. The molecule has 0 saturated carbocycles. The van der Waals surface area contributed by atoms with E-state index < -0.39 is 0 Å². The smallest absolute Gasteiger partial charge is 0.0476 e. The SMILES string of the molecule is c1ccc(-c2ccccc2-c2ccc(N(c3ccc(-c4ccccc4)c(-c4cccc5c4sc4ccccc45)c3)c3ccc4c(c3)sc3ccccc34)cc2)cc1. The van der Waals surface area contributed by atoms with Crippen LogP contribution in [0.5, 0.6) is 0 Å². The molecule has 0 amide bonds. The maximum absolute atomic E-state index is 2.43. The van der Waals surface area contributed by atoms with Gasteiger partial charge in [0, 0.05) is 63.0 Å². The number of hydrogen-bond acceptors (Lipinski definition) is 3. The monoisotopic (exact) mass is 761 g/mol. The van der Waals surface area contributed by atoms with Gasteiger partial charge in [-0.05, 0) is 87.5 Å². The molecule has 2 heterocycles. The summed E-state index contributed by atoms with van der Waals surface area (Å²) in [4.78, 5) is 2.43. The van der Waals surface area contributed by atoms with Gasteiger partial charge in [-0.2, -0.15) is 0 Å². The summed E-state index contributed by atoms with van der Waals surface area (Å²) in [6.07, 6.45) is 0. The van der Waals surface area contributed by atoms with Crippen molar-refractivity contribution in [3.63, 3.8) is 0 Å². The lowest BCUT2D eigenvalue weighted by Crippen LogP contribution is -2.10. The Morgan fingerprint density at radius 1 is 0.263 bits per heavy atom. The third-order valence-corrected chi connectivity index (χ3v) is 13.5. The molecule has 0 aliphatic rings. The Balaban J connectivity index is 1.12. The molecular weight excluding hydrogens is 727 g/mol. The molecular formula is C54H35NS2. The maximum Gasteiger partial charge on any atom is 0.0476 e. The zero-order chi connectivity index (χ0) is 37.7. The highest BCUT2D eigenvalue weighted by Gasteiger charge is 2.20. The van der Waals surface area contributed by atoms with Crippen molar-refractivity contribution in [2.75, 3.05) is 4.90 Å². The van der Waals surface area contributed by atoms with Gasteiger partial charge in [0.25, 0.3) is 0 Å². The highest BCUT2D eigenvalue weighted by molar-refractivity contribution is 7.26. The molecule has 0 aliphatic carbocycles. The average molecular weight is 762 g/mol. The van der Waals surface area contributed by atoms with Gasteiger partial charge in [-0.1, -0.05) is 164 Å². The Bertz CT molecular complexity index is 3230. The second-order valence-electron chi connectivity index (χ2n) is 14.4. The third-order valence-electron chi connectivity index (χ3n) is 11.1. The Morgan fingerprint density at radius 2 is 0.737 bits per heavy atom. The highest BCUT2D eigenvalue weighted by atomic mass is 32.1. The van der Waals surface area contributed by atoms with Crippen LogP contribution in [0.4, 0.5) is 17.1 Å². The van der Waals surface area contributed by atoms with Gasteiger partial charge >= 0.3 is 0 Å². The summed E-state index contributed by atoms with van der Waals surface area (Å²) in [5, 5.41) is 5.21. The zero-order valence-corrected chi connectivity index (χ0v) is 32.6. The molecule has 0 saturated heterocycles. The van der Waals surface area contributed by atoms with Crippen molar-refractivity contribution in [1.29, 1.82) is 0 Å². The molecule has 11 aromatic rings. The van der Waals surface area contributed by atoms with Crippen LogP contribution in [0.15, 0.2) is 212 Å². The van der Waals surface area contributed by atoms with Crippen LogP contribution in [0.1, 0.15) is 0 Å². The fourth-order valence-corrected chi connectivity index (χ4v) is 10.8. The van der Waals surface area contributed by atoms with Crippen LogP contribution in [-0.2, 0) is 0 Å². The van der Waals surface area contributed by atoms with Gasteiger partial charge in [0.2, 0.25) is 0 Å². The molecule has 3 heteroatoms. The van der Waals surface area contributed by atoms with Gasteiger partial charge in [0.05, 0.1) is 0 Å². The van der Waals surface area contributed by atoms with E-state index in [1.807, 2.05) is 22.7 Å². The standard InChI is InChI=1S/C54H35NS2/c1-3-14-36(15-4-1)42-18-7-8-19-43(42)38-26-28-39(29-27-38)55(41-31-33-47-45-20-9-11-24-51(45)56-53(47)35-41)40-30-32-44(37-16-5-2-6-17-37)50(34-40)49-23-13-22-48-46-21-10-12-25-52(46)57-54(48)49/h1-35H. The molecule has 11 rings (SSSR count). The Labute approximate surface area is 340 Å². The topological polar surface area (TPSA) is 3.24 Å². The van der Waals surface area contributed by atoms with Crippen LogP contribution >= 0.6 is 22.7 Å². The molecule has 9 aromatic carbocycles. The molecule has 0 atom stereocenters. The second kappa shape index (κ2) is 14.1. The van der Waals surface area contributed by atoms with Gasteiger partial charge in [-0.3, -0.25) is 0 Å². The number of anilines is 3. The summed E-state index contributed by atoms with van der Waals surface area (Å²) in [5.74, 6) is 0. The summed E-state index contributed by atoms with van der Waals surface area (Å²) in [6, 6.07) is 77.6. The van der Waals surface area contributed by atoms with E-state index >= 15 is 0 Å². The summed E-state index contributed by atoms with van der Waals surface area (Å²) in [6.45, 7) is 0. The van der Waals surface area contributed by atoms with Crippen molar-refractivity contribution in [3.05, 3.63) is 212 Å². The minimum absolute atomic E-state index is 1.11. The van der Waals surface area contributed by atoms with Crippen LogP contribution in [0.25, 0.3) is 84.9 Å². The van der Waals surface area contributed by atoms with Crippen LogP contribution in [0.3, 0.4) is 0 Å². The molecule has 57 heavy (non-hydrogen) atoms. The van der Waals surface area contributed by atoms with Crippen LogP contribution in [-0.4, -0.2) is 0 Å². The molecule has 0 N–H and O–H groups in total. The summed E-state index contributed by atoms with van der Waals surface area (Å²) >= 11 is 3.74. The quantitative estimate of drug-likeness (QED) is 0.156. The van der Waals surface area contributed by atoms with Crippen LogP contribution in [0.2, 0.25) is 0 Å². The Morgan fingerprint density at radius 3 is 1.44 bits per heavy atom. The van der Waals surface area contributed by atoms with E-state index in [9.17, 15) is 0 Å². The number of fused-ring (bicyclic) bond motifs is 6. The molecule has 2 aromatic heterocycles. The largest absolute Gasteiger partial charge is 0.310 e. The van der Waals surface area contributed by atoms with E-state index in [-0.39, 0.29) is 0 Å². The summed E-state index contributed by atoms with van der Waals surface area (Å²) in [5.41, 5.74) is 13.1. The lowest BCUT2D eigenvalue weighted by atomic mass is 9.92. The fourth-order valence-electron chi connectivity index (χ4n) is 8.42. The molecule has 1 nitrogen and oxygen atoms in total. The number of benzene rings is 9. The predicted molar refractivity (Wildman–Crippen MR) is 249 cm³/mol. The van der Waals surface area contributed by atoms with E-state index in [1.54, 1.807) is 0 Å². The summed E-state index contributed by atoms with van der Waals surface area (Å²) < 4.78 is 5.21. The minimum atomic E-state index is 1.11. The lowest BCUT2D eigenvalue weighted by molar-refractivity contribution is 1.29. The van der Waals surface area contributed by atoms with Gasteiger partial charge in [0.1, 0.15) is 0 Å². The van der Waals surface area contributed by atoms with Crippen molar-refractivity contribution in [1.82, 2.24) is 0 Å². The van der Waals surface area contributed by atoms with E-state index in [2.05, 4.69) is 217 Å². The van der Waals surface area contributed by atoms with Crippen molar-refractivity contribution < 1.29 is 0 Å². The normalized spacial score (nSPS) is 11.5. The first-order valence-electron chi connectivity index (χ1n) is 19.3. The van der Waals surface area contributed by atoms with Crippen LogP contribution < -0.4 is 4.90 Å². The van der Waals surface area contributed by atoms with Crippen molar-refractivity contribution in [2.24, 2.45) is 0 Å². The number of nitrogens with zero attached hydrogens (tertiary/aromatic N) is 1. The van der Waals surface area contributed by atoms with Gasteiger partial charge in [0.15, 0.2) is 0 Å². The molecule has 0 radical (unpaired) electrons. The zero-order valence-electron chi connectivity index (χ0n) is 31.0. The van der Waals surface area contributed by atoms with Gasteiger partial charge in [-0.25, -0.2) is 0 Å². The number of hydrogen-bond donors (Lipinski definition) is 0. The Kier molecular flexibility index (Phi) is 8.28. The minimum Gasteiger partial charge on any atom is -0.310 e. The predicted octanol–water partition coefficient (Wildman–Crippen LogP) is 16.6. The lowest BCUT2D eigenvalue weighted by Gasteiger charge is -2.27. The maximum atomic E-state index is 2.43. The fraction of sp³-hybridized carbons (Fsp3) is 0. The average Bonchev–Trinajstić information content (AvgIpc) is 3.86. The molecule has 0 fully saturated rings. The van der Waals surface area contributed by atoms with Crippen LogP contribution in [0, 0.1) is 0 Å². The molecule has 0 unspecified atom stereocenters. The molecule has 0 aliphatic heterocycles. The highest BCUT2D eigenvalue weighted by Crippen LogP contribution is 2.47. The Hall–Kier alpha value is -6.78. The first kappa shape index (κ1) is 33.5. The van der Waals surface area contributed by atoms with E-state index in [0.29, 0.717) is 0 Å². The van der Waals surface area contributed by atoms with Gasteiger partial charge < -0.3 is 4.90 Å². The van der Waals surface area contributed by atoms with E-state index in [4.69, 9.17) is 0 Å². The van der Waals surface area contributed by atoms with Crippen molar-refractivity contribution in [3.8, 4) is 44.5 Å². The molecule has 0 spiro atoms. The van der Waals surface area contributed by atoms with E-state index in [0.717, 1.165) is 17.1 Å². The van der Waals surface area contributed by atoms with E-state index in [1.165, 1.54) is 84.9 Å². The van der Waals surface area contributed by atoms with Crippen molar-refractivity contribution in [2.45, 2.75) is 0 Å². The van der Waals surface area contributed by atoms with Crippen molar-refractivity contribution >= 4 is 80.1 Å².